The molecule has 0 aliphatic heterocycles. The third kappa shape index (κ3) is 4.78. The Hall–Kier alpha value is -2.44. The molecule has 0 radical (unpaired) electrons. The number of hydrogen-bond acceptors (Lipinski definition) is 4. The van der Waals surface area contributed by atoms with Crippen LogP contribution in [-0.4, -0.2) is 39.4 Å². The largest absolute Gasteiger partial charge is 0.478 e. The molecule has 0 spiro atoms. The Bertz CT molecular complexity index is 591. The lowest BCUT2D eigenvalue weighted by Gasteiger charge is -2.32. The second kappa shape index (κ2) is 8.42. The number of carbonyl (C=O) groups excluding carboxylic acids is 1. The van der Waals surface area contributed by atoms with Crippen LogP contribution in [0, 0.1) is 16.0 Å². The van der Waals surface area contributed by atoms with Crippen LogP contribution in [0.2, 0.25) is 0 Å². The molecule has 1 aromatic rings. The Kier molecular flexibility index (Phi) is 6.88. The fourth-order valence-electron chi connectivity index (χ4n) is 2.65. The molecular weight excluding hydrogens is 312 g/mol. The summed E-state index contributed by atoms with van der Waals surface area (Å²) in [5.41, 5.74) is -0.622. The third-order valence-electron chi connectivity index (χ3n) is 3.83. The van der Waals surface area contributed by atoms with Crippen molar-refractivity contribution in [3.05, 3.63) is 39.4 Å². The second-order valence-electron chi connectivity index (χ2n) is 6.15. The predicted octanol–water partition coefficient (Wildman–Crippen LogP) is 3.58. The molecule has 132 valence electrons. The normalized spacial score (nSPS) is 10.9. The number of aromatic carboxylic acids is 1. The summed E-state index contributed by atoms with van der Waals surface area (Å²) >= 11 is 0. The monoisotopic (exact) mass is 336 g/mol. The number of benzene rings is 1. The van der Waals surface area contributed by atoms with Crippen molar-refractivity contribution >= 4 is 17.6 Å². The molecule has 1 amide bonds. The Morgan fingerprint density at radius 3 is 2.12 bits per heavy atom. The van der Waals surface area contributed by atoms with Gasteiger partial charge in [0.25, 0.3) is 11.6 Å². The molecule has 0 atom stereocenters. The van der Waals surface area contributed by atoms with Crippen LogP contribution in [0.1, 0.15) is 61.3 Å². The van der Waals surface area contributed by atoms with Crippen molar-refractivity contribution in [2.45, 2.75) is 46.6 Å². The predicted molar refractivity (Wildman–Crippen MR) is 90.3 cm³/mol. The van der Waals surface area contributed by atoms with Gasteiger partial charge in [-0.05, 0) is 24.8 Å². The first-order valence-corrected chi connectivity index (χ1v) is 8.04. The van der Waals surface area contributed by atoms with Crippen molar-refractivity contribution in [3.8, 4) is 0 Å². The van der Waals surface area contributed by atoms with Gasteiger partial charge in [0, 0.05) is 30.3 Å². The molecule has 0 fully saturated rings. The van der Waals surface area contributed by atoms with Gasteiger partial charge in [-0.15, -0.1) is 0 Å². The summed E-state index contributed by atoms with van der Waals surface area (Å²) in [7, 11) is 0. The molecule has 0 saturated carbocycles. The van der Waals surface area contributed by atoms with E-state index < -0.39 is 16.6 Å². The molecular formula is C17H24N2O5. The molecule has 1 rings (SSSR count). The number of hydrogen-bond donors (Lipinski definition) is 1. The summed E-state index contributed by atoms with van der Waals surface area (Å²) in [5, 5.41) is 20.2. The summed E-state index contributed by atoms with van der Waals surface area (Å²) in [6.45, 7) is 8.43. The molecule has 1 N–H and O–H groups in total. The zero-order valence-corrected chi connectivity index (χ0v) is 14.5. The van der Waals surface area contributed by atoms with E-state index in [0.29, 0.717) is 6.54 Å². The highest BCUT2D eigenvalue weighted by Crippen LogP contribution is 2.21. The van der Waals surface area contributed by atoms with Gasteiger partial charge in [-0.3, -0.25) is 14.9 Å². The Morgan fingerprint density at radius 1 is 1.17 bits per heavy atom. The molecule has 0 heterocycles. The van der Waals surface area contributed by atoms with Gasteiger partial charge >= 0.3 is 5.97 Å². The molecule has 0 saturated heterocycles. The minimum absolute atomic E-state index is 0.00689. The van der Waals surface area contributed by atoms with Crippen LogP contribution in [0.4, 0.5) is 5.69 Å². The van der Waals surface area contributed by atoms with Gasteiger partial charge in [0.15, 0.2) is 0 Å². The van der Waals surface area contributed by atoms with Crippen molar-refractivity contribution < 1.29 is 19.6 Å². The molecule has 24 heavy (non-hydrogen) atoms. The number of amides is 1. The molecule has 7 heteroatoms. The molecule has 0 aliphatic rings. The van der Waals surface area contributed by atoms with Crippen LogP contribution in [0.15, 0.2) is 18.2 Å². The molecule has 0 bridgehead atoms. The van der Waals surface area contributed by atoms with E-state index in [4.69, 9.17) is 5.11 Å². The number of carboxylic acid groups (broad SMARTS) is 1. The summed E-state index contributed by atoms with van der Waals surface area (Å²) in [5.74, 6) is -1.44. The fraction of sp³-hybridized carbons (Fsp3) is 0.529. The highest BCUT2D eigenvalue weighted by molar-refractivity contribution is 5.98. The quantitative estimate of drug-likeness (QED) is 0.577. The number of rotatable bonds is 8. The maximum absolute atomic E-state index is 12.9. The van der Waals surface area contributed by atoms with Crippen LogP contribution in [0.25, 0.3) is 0 Å². The van der Waals surface area contributed by atoms with Crippen molar-refractivity contribution in [2.24, 2.45) is 5.92 Å². The zero-order chi connectivity index (χ0) is 18.4. The summed E-state index contributed by atoms with van der Waals surface area (Å²) in [4.78, 5) is 36.1. The van der Waals surface area contributed by atoms with Crippen LogP contribution in [0.3, 0.4) is 0 Å². The Morgan fingerprint density at radius 2 is 1.71 bits per heavy atom. The SMILES string of the molecule is CCC(CC)N(CC(C)C)C(=O)c1cc(C(=O)O)cc([N+](=O)[O-])c1. The van der Waals surface area contributed by atoms with Gasteiger partial charge in [0.1, 0.15) is 0 Å². The number of nitro groups is 1. The highest BCUT2D eigenvalue weighted by atomic mass is 16.6. The van der Waals surface area contributed by atoms with E-state index >= 15 is 0 Å². The van der Waals surface area contributed by atoms with E-state index in [2.05, 4.69) is 0 Å². The summed E-state index contributed by atoms with van der Waals surface area (Å²) in [6.07, 6.45) is 1.52. The fourth-order valence-corrected chi connectivity index (χ4v) is 2.65. The summed E-state index contributed by atoms with van der Waals surface area (Å²) < 4.78 is 0. The maximum atomic E-state index is 12.9. The first-order chi connectivity index (χ1) is 11.2. The van der Waals surface area contributed by atoms with E-state index in [1.807, 2.05) is 27.7 Å². The van der Waals surface area contributed by atoms with E-state index in [1.165, 1.54) is 6.07 Å². The number of non-ortho nitro benzene ring substituents is 1. The van der Waals surface area contributed by atoms with E-state index in [9.17, 15) is 19.7 Å². The molecule has 0 aliphatic carbocycles. The number of nitrogens with zero attached hydrogens (tertiary/aromatic N) is 2. The lowest BCUT2D eigenvalue weighted by Crippen LogP contribution is -2.42. The van der Waals surface area contributed by atoms with Gasteiger partial charge in [-0.25, -0.2) is 4.79 Å². The minimum Gasteiger partial charge on any atom is -0.478 e. The van der Waals surface area contributed by atoms with Crippen LogP contribution < -0.4 is 0 Å². The standard InChI is InChI=1S/C17H24N2O5/c1-5-14(6-2)18(10-11(3)4)16(20)12-7-13(17(21)22)9-15(8-12)19(23)24/h7-9,11,14H,5-6,10H2,1-4H3,(H,21,22). The van der Waals surface area contributed by atoms with Crippen molar-refractivity contribution in [2.75, 3.05) is 6.54 Å². The summed E-state index contributed by atoms with van der Waals surface area (Å²) in [6, 6.07) is 3.31. The average Bonchev–Trinajstić information content (AvgIpc) is 2.53. The smallest absolute Gasteiger partial charge is 0.335 e. The van der Waals surface area contributed by atoms with Gasteiger partial charge in [0.2, 0.25) is 0 Å². The Balaban J connectivity index is 3.35. The Labute approximate surface area is 141 Å². The van der Waals surface area contributed by atoms with E-state index in [0.717, 1.165) is 25.0 Å². The van der Waals surface area contributed by atoms with Crippen molar-refractivity contribution in [3.63, 3.8) is 0 Å². The van der Waals surface area contributed by atoms with E-state index in [1.54, 1.807) is 4.90 Å². The molecule has 7 nitrogen and oxygen atoms in total. The van der Waals surface area contributed by atoms with Gasteiger partial charge in [0.05, 0.1) is 10.5 Å². The van der Waals surface area contributed by atoms with Gasteiger partial charge in [-0.2, -0.15) is 0 Å². The van der Waals surface area contributed by atoms with E-state index in [-0.39, 0.29) is 29.0 Å². The van der Waals surface area contributed by atoms with Crippen LogP contribution >= 0.6 is 0 Å². The lowest BCUT2D eigenvalue weighted by molar-refractivity contribution is -0.384. The maximum Gasteiger partial charge on any atom is 0.335 e. The molecule has 0 unspecified atom stereocenters. The van der Waals surface area contributed by atoms with Crippen molar-refractivity contribution in [1.29, 1.82) is 0 Å². The highest BCUT2D eigenvalue weighted by Gasteiger charge is 2.26. The first-order valence-electron chi connectivity index (χ1n) is 8.04. The second-order valence-corrected chi connectivity index (χ2v) is 6.15. The number of nitro benzene ring substituents is 1. The molecule has 0 aromatic heterocycles. The zero-order valence-electron chi connectivity index (χ0n) is 14.5. The lowest BCUT2D eigenvalue weighted by atomic mass is 10.0. The first kappa shape index (κ1) is 19.6. The number of carbonyl (C=O) groups is 2. The minimum atomic E-state index is -1.30. The number of carboxylic acids is 1. The van der Waals surface area contributed by atoms with Crippen LogP contribution in [-0.2, 0) is 0 Å². The van der Waals surface area contributed by atoms with Gasteiger partial charge in [-0.1, -0.05) is 27.7 Å². The third-order valence-corrected chi connectivity index (χ3v) is 3.83. The van der Waals surface area contributed by atoms with Gasteiger partial charge < -0.3 is 10.0 Å². The van der Waals surface area contributed by atoms with Crippen LogP contribution in [0.5, 0.6) is 0 Å². The molecule has 1 aromatic carbocycles. The van der Waals surface area contributed by atoms with Crippen molar-refractivity contribution in [1.82, 2.24) is 4.90 Å². The average molecular weight is 336 g/mol. The topological polar surface area (TPSA) is 101 Å².